The molecule has 0 saturated carbocycles. The van der Waals surface area contributed by atoms with E-state index < -0.39 is 20.9 Å². The van der Waals surface area contributed by atoms with E-state index in [0.29, 0.717) is 5.75 Å². The van der Waals surface area contributed by atoms with Gasteiger partial charge in [0.05, 0.1) is 26.9 Å². The van der Waals surface area contributed by atoms with Crippen LogP contribution in [0.15, 0.2) is 47.4 Å². The van der Waals surface area contributed by atoms with Gasteiger partial charge in [0.15, 0.2) is 0 Å². The third kappa shape index (κ3) is 5.18. The number of ether oxygens (including phenoxy) is 1. The summed E-state index contributed by atoms with van der Waals surface area (Å²) >= 11 is 5.91. The van der Waals surface area contributed by atoms with E-state index in [1.807, 2.05) is 0 Å². The topological polar surface area (TPSA) is 119 Å². The van der Waals surface area contributed by atoms with E-state index in [9.17, 15) is 23.3 Å². The van der Waals surface area contributed by atoms with Crippen LogP contribution in [0.3, 0.4) is 0 Å². The molecule has 0 aliphatic rings. The third-order valence-electron chi connectivity index (χ3n) is 3.66. The highest BCUT2D eigenvalue weighted by molar-refractivity contribution is 7.89. The van der Waals surface area contributed by atoms with Crippen molar-refractivity contribution in [1.82, 2.24) is 9.62 Å². The van der Waals surface area contributed by atoms with Crippen molar-refractivity contribution in [3.05, 3.63) is 63.2 Å². The number of nitrogens with one attached hydrogen (secondary N) is 1. The molecule has 0 fully saturated rings. The number of rotatable bonds is 8. The van der Waals surface area contributed by atoms with Gasteiger partial charge in [0, 0.05) is 26.2 Å². The number of carbonyl (C=O) groups excluding carboxylic acids is 1. The van der Waals surface area contributed by atoms with E-state index in [1.165, 1.54) is 50.5 Å². The standard InChI is InChI=1S/C17H18ClN3O6S/c1-20(2)28(25,26)14-6-4-13(5-7-14)27-10-9-19-17(22)15-11-12(21(23)24)3-8-16(15)18/h3-8,11H,9-10H2,1-2H3,(H,19,22). The summed E-state index contributed by atoms with van der Waals surface area (Å²) < 4.78 is 30.5. The molecule has 2 aromatic rings. The number of hydrogen-bond acceptors (Lipinski definition) is 6. The number of carbonyl (C=O) groups is 1. The maximum absolute atomic E-state index is 12.1. The first-order valence-electron chi connectivity index (χ1n) is 8.00. The minimum Gasteiger partial charge on any atom is -0.492 e. The molecule has 28 heavy (non-hydrogen) atoms. The zero-order valence-electron chi connectivity index (χ0n) is 15.1. The first-order valence-corrected chi connectivity index (χ1v) is 9.82. The van der Waals surface area contributed by atoms with Crippen LogP contribution in [-0.2, 0) is 10.0 Å². The van der Waals surface area contributed by atoms with Gasteiger partial charge in [-0.1, -0.05) is 11.6 Å². The molecule has 1 N–H and O–H groups in total. The van der Waals surface area contributed by atoms with Crippen LogP contribution in [0.1, 0.15) is 10.4 Å². The fraction of sp³-hybridized carbons (Fsp3) is 0.235. The lowest BCUT2D eigenvalue weighted by molar-refractivity contribution is -0.384. The van der Waals surface area contributed by atoms with E-state index in [-0.39, 0.29) is 34.3 Å². The second kappa shape index (κ2) is 9.00. The van der Waals surface area contributed by atoms with E-state index in [1.54, 1.807) is 0 Å². The Bertz CT molecular complexity index is 977. The summed E-state index contributed by atoms with van der Waals surface area (Å²) in [4.78, 5) is 22.4. The molecule has 0 unspecified atom stereocenters. The minimum atomic E-state index is -3.51. The number of nitrogens with zero attached hydrogens (tertiary/aromatic N) is 2. The van der Waals surface area contributed by atoms with Crippen molar-refractivity contribution < 1.29 is 22.9 Å². The Morgan fingerprint density at radius 3 is 2.43 bits per heavy atom. The highest BCUT2D eigenvalue weighted by Crippen LogP contribution is 2.22. The average Bonchev–Trinajstić information content (AvgIpc) is 2.65. The predicted octanol–water partition coefficient (Wildman–Crippen LogP) is 2.31. The van der Waals surface area contributed by atoms with E-state index in [0.717, 1.165) is 10.4 Å². The lowest BCUT2D eigenvalue weighted by atomic mass is 10.2. The van der Waals surface area contributed by atoms with Crippen molar-refractivity contribution in [3.8, 4) is 5.75 Å². The van der Waals surface area contributed by atoms with Crippen molar-refractivity contribution in [1.29, 1.82) is 0 Å². The fourth-order valence-electron chi connectivity index (χ4n) is 2.15. The highest BCUT2D eigenvalue weighted by Gasteiger charge is 2.17. The molecule has 0 heterocycles. The summed E-state index contributed by atoms with van der Waals surface area (Å²) in [5.74, 6) is -0.134. The Morgan fingerprint density at radius 1 is 1.21 bits per heavy atom. The Hall–Kier alpha value is -2.69. The molecule has 0 atom stereocenters. The summed E-state index contributed by atoms with van der Waals surface area (Å²) in [6.07, 6.45) is 0. The molecular weight excluding hydrogens is 410 g/mol. The van der Waals surface area contributed by atoms with Crippen LogP contribution in [0.25, 0.3) is 0 Å². The van der Waals surface area contributed by atoms with Crippen molar-refractivity contribution in [2.45, 2.75) is 4.90 Å². The van der Waals surface area contributed by atoms with Crippen LogP contribution in [0, 0.1) is 10.1 Å². The lowest BCUT2D eigenvalue weighted by Crippen LogP contribution is -2.28. The number of halogens is 1. The smallest absolute Gasteiger partial charge is 0.270 e. The number of benzene rings is 2. The van der Waals surface area contributed by atoms with Crippen molar-refractivity contribution in [3.63, 3.8) is 0 Å². The van der Waals surface area contributed by atoms with Crippen LogP contribution in [0.4, 0.5) is 5.69 Å². The molecule has 0 aliphatic heterocycles. The van der Waals surface area contributed by atoms with Crippen LogP contribution in [0.2, 0.25) is 5.02 Å². The number of nitro groups is 1. The van der Waals surface area contributed by atoms with Gasteiger partial charge in [-0.3, -0.25) is 14.9 Å². The molecule has 0 spiro atoms. The maximum Gasteiger partial charge on any atom is 0.270 e. The number of sulfonamides is 1. The van der Waals surface area contributed by atoms with Crippen molar-refractivity contribution >= 4 is 33.2 Å². The molecule has 9 nitrogen and oxygen atoms in total. The number of hydrogen-bond donors (Lipinski definition) is 1. The van der Waals surface area contributed by atoms with Gasteiger partial charge in [-0.15, -0.1) is 0 Å². The Balaban J connectivity index is 1.90. The van der Waals surface area contributed by atoms with Crippen molar-refractivity contribution in [2.24, 2.45) is 0 Å². The van der Waals surface area contributed by atoms with Crippen LogP contribution in [0.5, 0.6) is 5.75 Å². The van der Waals surface area contributed by atoms with Crippen LogP contribution in [-0.4, -0.2) is 50.8 Å². The van der Waals surface area contributed by atoms with Crippen molar-refractivity contribution in [2.75, 3.05) is 27.2 Å². The highest BCUT2D eigenvalue weighted by atomic mass is 35.5. The molecule has 150 valence electrons. The first-order chi connectivity index (χ1) is 13.1. The SMILES string of the molecule is CN(C)S(=O)(=O)c1ccc(OCCNC(=O)c2cc([N+](=O)[O-])ccc2Cl)cc1. The van der Waals surface area contributed by atoms with Gasteiger partial charge in [-0.05, 0) is 30.3 Å². The Labute approximate surface area is 167 Å². The predicted molar refractivity (Wildman–Crippen MR) is 103 cm³/mol. The third-order valence-corrected chi connectivity index (χ3v) is 5.82. The van der Waals surface area contributed by atoms with Gasteiger partial charge >= 0.3 is 0 Å². The number of amides is 1. The molecule has 11 heteroatoms. The normalized spacial score (nSPS) is 11.3. The maximum atomic E-state index is 12.1. The van der Waals surface area contributed by atoms with E-state index >= 15 is 0 Å². The van der Waals surface area contributed by atoms with Gasteiger partial charge < -0.3 is 10.1 Å². The van der Waals surface area contributed by atoms with Gasteiger partial charge in [0.2, 0.25) is 10.0 Å². The Morgan fingerprint density at radius 2 is 1.86 bits per heavy atom. The average molecular weight is 428 g/mol. The molecule has 2 aromatic carbocycles. The van der Waals surface area contributed by atoms with Gasteiger partial charge in [-0.2, -0.15) is 0 Å². The lowest BCUT2D eigenvalue weighted by Gasteiger charge is -2.12. The van der Waals surface area contributed by atoms with Crippen LogP contribution < -0.4 is 10.1 Å². The fourth-order valence-corrected chi connectivity index (χ4v) is 3.25. The second-order valence-electron chi connectivity index (χ2n) is 5.78. The molecule has 0 aliphatic carbocycles. The van der Waals surface area contributed by atoms with Gasteiger partial charge in [0.25, 0.3) is 11.6 Å². The van der Waals surface area contributed by atoms with Gasteiger partial charge in [0.1, 0.15) is 12.4 Å². The largest absolute Gasteiger partial charge is 0.492 e. The monoisotopic (exact) mass is 427 g/mol. The van der Waals surface area contributed by atoms with E-state index in [2.05, 4.69) is 5.32 Å². The summed E-state index contributed by atoms with van der Waals surface area (Å²) in [6, 6.07) is 9.46. The summed E-state index contributed by atoms with van der Waals surface area (Å²) in [5.41, 5.74) is -0.243. The molecule has 0 radical (unpaired) electrons. The van der Waals surface area contributed by atoms with Gasteiger partial charge in [-0.25, -0.2) is 12.7 Å². The van der Waals surface area contributed by atoms with E-state index in [4.69, 9.17) is 16.3 Å². The van der Waals surface area contributed by atoms with Crippen LogP contribution >= 0.6 is 11.6 Å². The quantitative estimate of drug-likeness (QED) is 0.392. The number of nitro benzene ring substituents is 1. The second-order valence-corrected chi connectivity index (χ2v) is 8.34. The molecular formula is C17H18ClN3O6S. The summed E-state index contributed by atoms with van der Waals surface area (Å²) in [7, 11) is -0.633. The summed E-state index contributed by atoms with van der Waals surface area (Å²) in [6.45, 7) is 0.230. The Kier molecular flexibility index (Phi) is 6.95. The number of non-ortho nitro benzene ring substituents is 1. The zero-order valence-corrected chi connectivity index (χ0v) is 16.7. The zero-order chi connectivity index (χ0) is 20.9. The first kappa shape index (κ1) is 21.6. The molecule has 0 bridgehead atoms. The minimum absolute atomic E-state index is 0.00545. The molecule has 1 amide bonds. The summed E-state index contributed by atoms with van der Waals surface area (Å²) in [5, 5.41) is 13.4. The molecule has 0 saturated heterocycles. The molecule has 2 rings (SSSR count). The molecule has 0 aromatic heterocycles.